The highest BCUT2D eigenvalue weighted by Crippen LogP contribution is 2.21. The zero-order valence-electron chi connectivity index (χ0n) is 6.48. The smallest absolute Gasteiger partial charge is 0.248 e. The van der Waals surface area contributed by atoms with Crippen molar-refractivity contribution in [2.75, 3.05) is 19.8 Å². The summed E-state index contributed by atoms with van der Waals surface area (Å²) in [4.78, 5) is 0. The second-order valence-electron chi connectivity index (χ2n) is 2.84. The fraction of sp³-hybridized carbons (Fsp3) is 1.00. The van der Waals surface area contributed by atoms with Crippen LogP contribution < -0.4 is 0 Å². The first-order valence-corrected chi connectivity index (χ1v) is 3.65. The van der Waals surface area contributed by atoms with Crippen molar-refractivity contribution >= 4 is 0 Å². The van der Waals surface area contributed by atoms with Gasteiger partial charge in [-0.15, -0.1) is 0 Å². The number of alkyl halides is 2. The predicted octanol–water partition coefficient (Wildman–Crippen LogP) is 1.45. The van der Waals surface area contributed by atoms with Crippen LogP contribution in [0.5, 0.6) is 0 Å². The number of hydrogen-bond donors (Lipinski definition) is 0. The largest absolute Gasteiger partial charge is 0.376 e. The predicted molar refractivity (Wildman–Crippen MR) is 35.8 cm³/mol. The van der Waals surface area contributed by atoms with Crippen LogP contribution in [0.15, 0.2) is 0 Å². The van der Waals surface area contributed by atoms with Crippen LogP contribution in [0.4, 0.5) is 8.78 Å². The summed E-state index contributed by atoms with van der Waals surface area (Å²) in [6.45, 7) is 2.14. The van der Waals surface area contributed by atoms with E-state index in [0.29, 0.717) is 19.8 Å². The molecular formula is C7H12F2O2. The molecule has 1 aliphatic rings. The van der Waals surface area contributed by atoms with E-state index in [9.17, 15) is 8.78 Å². The standard InChI is InChI=1S/C7H12F2O2/c1-7(8,9)4-6-5-10-2-3-11-6/h6H,2-5H2,1H3. The van der Waals surface area contributed by atoms with Gasteiger partial charge in [-0.1, -0.05) is 0 Å². The fourth-order valence-electron chi connectivity index (χ4n) is 1.05. The second-order valence-corrected chi connectivity index (χ2v) is 2.84. The Labute approximate surface area is 64.5 Å². The van der Waals surface area contributed by atoms with Crippen LogP contribution in [-0.4, -0.2) is 31.8 Å². The summed E-state index contributed by atoms with van der Waals surface area (Å²) in [6, 6.07) is 0. The highest BCUT2D eigenvalue weighted by atomic mass is 19.3. The van der Waals surface area contributed by atoms with Gasteiger partial charge < -0.3 is 9.47 Å². The fourth-order valence-corrected chi connectivity index (χ4v) is 1.05. The van der Waals surface area contributed by atoms with E-state index in [4.69, 9.17) is 9.47 Å². The summed E-state index contributed by atoms with van der Waals surface area (Å²) >= 11 is 0. The molecule has 1 saturated heterocycles. The van der Waals surface area contributed by atoms with Crippen molar-refractivity contribution in [1.29, 1.82) is 0 Å². The molecule has 0 aromatic heterocycles. The van der Waals surface area contributed by atoms with Crippen LogP contribution in [0.2, 0.25) is 0 Å². The summed E-state index contributed by atoms with van der Waals surface area (Å²) in [5, 5.41) is 0. The Balaban J connectivity index is 2.24. The van der Waals surface area contributed by atoms with Gasteiger partial charge in [-0.05, 0) is 6.92 Å². The maximum atomic E-state index is 12.4. The van der Waals surface area contributed by atoms with Crippen molar-refractivity contribution in [3.8, 4) is 0 Å². The Bertz CT molecular complexity index is 116. The maximum Gasteiger partial charge on any atom is 0.248 e. The first kappa shape index (κ1) is 8.87. The summed E-state index contributed by atoms with van der Waals surface area (Å²) in [7, 11) is 0. The normalized spacial score (nSPS) is 27.0. The Morgan fingerprint density at radius 3 is 2.64 bits per heavy atom. The lowest BCUT2D eigenvalue weighted by molar-refractivity contribution is -0.124. The molecule has 0 aliphatic carbocycles. The molecule has 0 aromatic rings. The van der Waals surface area contributed by atoms with Crippen LogP contribution >= 0.6 is 0 Å². The van der Waals surface area contributed by atoms with E-state index in [2.05, 4.69) is 0 Å². The van der Waals surface area contributed by atoms with E-state index < -0.39 is 12.0 Å². The lowest BCUT2D eigenvalue weighted by Crippen LogP contribution is -2.33. The molecule has 0 aromatic carbocycles. The molecule has 0 bridgehead atoms. The lowest BCUT2D eigenvalue weighted by Gasteiger charge is -2.25. The zero-order chi connectivity index (χ0) is 8.32. The summed E-state index contributed by atoms with van der Waals surface area (Å²) in [6.07, 6.45) is -0.670. The van der Waals surface area contributed by atoms with Gasteiger partial charge in [0.15, 0.2) is 0 Å². The molecule has 0 saturated carbocycles. The van der Waals surface area contributed by atoms with E-state index in [1.54, 1.807) is 0 Å². The van der Waals surface area contributed by atoms with Gasteiger partial charge in [0.1, 0.15) is 0 Å². The third-order valence-electron chi connectivity index (χ3n) is 1.47. The van der Waals surface area contributed by atoms with Crippen molar-refractivity contribution in [3.63, 3.8) is 0 Å². The Hall–Kier alpha value is -0.220. The van der Waals surface area contributed by atoms with Gasteiger partial charge in [0.05, 0.1) is 25.9 Å². The number of ether oxygens (including phenoxy) is 2. The molecule has 4 heteroatoms. The molecule has 0 N–H and O–H groups in total. The zero-order valence-corrected chi connectivity index (χ0v) is 6.48. The molecule has 11 heavy (non-hydrogen) atoms. The lowest BCUT2D eigenvalue weighted by atomic mass is 10.1. The summed E-state index contributed by atoms with van der Waals surface area (Å²) in [5.74, 6) is -2.65. The van der Waals surface area contributed by atoms with E-state index in [-0.39, 0.29) is 6.42 Å². The molecule has 1 heterocycles. The molecule has 1 fully saturated rings. The molecule has 1 atom stereocenters. The quantitative estimate of drug-likeness (QED) is 0.618. The number of halogens is 2. The van der Waals surface area contributed by atoms with Crippen LogP contribution in [0.3, 0.4) is 0 Å². The molecule has 66 valence electrons. The number of hydrogen-bond acceptors (Lipinski definition) is 2. The highest BCUT2D eigenvalue weighted by molar-refractivity contribution is 4.69. The molecule has 0 radical (unpaired) electrons. The van der Waals surface area contributed by atoms with Crippen LogP contribution in [0, 0.1) is 0 Å². The monoisotopic (exact) mass is 166 g/mol. The molecule has 0 amide bonds. The molecule has 1 unspecified atom stereocenters. The average molecular weight is 166 g/mol. The summed E-state index contributed by atoms with van der Waals surface area (Å²) in [5.41, 5.74) is 0. The minimum absolute atomic E-state index is 0.243. The van der Waals surface area contributed by atoms with Gasteiger partial charge in [0, 0.05) is 6.42 Å². The van der Waals surface area contributed by atoms with Gasteiger partial charge >= 0.3 is 0 Å². The third kappa shape index (κ3) is 3.62. The highest BCUT2D eigenvalue weighted by Gasteiger charge is 2.28. The molecule has 1 rings (SSSR count). The topological polar surface area (TPSA) is 18.5 Å². The van der Waals surface area contributed by atoms with Gasteiger partial charge in [0.25, 0.3) is 0 Å². The minimum Gasteiger partial charge on any atom is -0.376 e. The first-order chi connectivity index (χ1) is 5.08. The van der Waals surface area contributed by atoms with Crippen LogP contribution in [0.25, 0.3) is 0 Å². The van der Waals surface area contributed by atoms with Gasteiger partial charge in [-0.2, -0.15) is 0 Å². The minimum atomic E-state index is -2.65. The SMILES string of the molecule is CC(F)(F)CC1COCCO1. The van der Waals surface area contributed by atoms with Crippen molar-refractivity contribution < 1.29 is 18.3 Å². The summed E-state index contributed by atoms with van der Waals surface area (Å²) < 4.78 is 34.8. The van der Waals surface area contributed by atoms with E-state index in [1.807, 2.05) is 0 Å². The molecule has 1 aliphatic heterocycles. The van der Waals surface area contributed by atoms with Crippen molar-refractivity contribution in [2.45, 2.75) is 25.4 Å². The van der Waals surface area contributed by atoms with Gasteiger partial charge in [-0.25, -0.2) is 8.78 Å². The third-order valence-corrected chi connectivity index (χ3v) is 1.47. The van der Waals surface area contributed by atoms with Gasteiger partial charge in [-0.3, -0.25) is 0 Å². The van der Waals surface area contributed by atoms with Crippen molar-refractivity contribution in [2.24, 2.45) is 0 Å². The van der Waals surface area contributed by atoms with E-state index in [0.717, 1.165) is 6.92 Å². The van der Waals surface area contributed by atoms with Crippen LogP contribution in [-0.2, 0) is 9.47 Å². The van der Waals surface area contributed by atoms with E-state index in [1.165, 1.54) is 0 Å². The van der Waals surface area contributed by atoms with Crippen LogP contribution in [0.1, 0.15) is 13.3 Å². The van der Waals surface area contributed by atoms with E-state index >= 15 is 0 Å². The van der Waals surface area contributed by atoms with Crippen molar-refractivity contribution in [1.82, 2.24) is 0 Å². The molecule has 2 nitrogen and oxygen atoms in total. The first-order valence-electron chi connectivity index (χ1n) is 3.65. The average Bonchev–Trinajstić information content (AvgIpc) is 1.85. The molecule has 0 spiro atoms. The Kier molecular flexibility index (Phi) is 2.78. The number of rotatable bonds is 2. The Morgan fingerprint density at radius 2 is 2.18 bits per heavy atom. The Morgan fingerprint density at radius 1 is 1.45 bits per heavy atom. The second kappa shape index (κ2) is 3.45. The maximum absolute atomic E-state index is 12.4. The molecular weight excluding hydrogens is 154 g/mol. The van der Waals surface area contributed by atoms with Gasteiger partial charge in [0.2, 0.25) is 5.92 Å². The van der Waals surface area contributed by atoms with Crippen molar-refractivity contribution in [3.05, 3.63) is 0 Å².